The van der Waals surface area contributed by atoms with Crippen molar-refractivity contribution in [2.24, 2.45) is 0 Å². The first-order valence-electron chi connectivity index (χ1n) is 0.775. The van der Waals surface area contributed by atoms with Crippen LogP contribution in [-0.4, -0.2) is 22.4 Å². The number of hydrogen-bond donors (Lipinski definition) is 3. The second kappa shape index (κ2) is 4.94. The molecule has 0 aromatic carbocycles. The standard InChI is InChI=1S/BH3O3.Na.5H2.H/c2-1(3)4;;;;;;;/h2-4H;;5*1H;/q;+1;;;;;;-1. The smallest absolute Gasteiger partial charge is 1.00 e. The maximum absolute atomic E-state index is 7.17. The second-order valence-corrected chi connectivity index (χ2v) is 0.346. The molecule has 0 aliphatic rings. The van der Waals surface area contributed by atoms with E-state index in [2.05, 4.69) is 0 Å². The molecule has 0 rings (SSSR count). The van der Waals surface area contributed by atoms with Gasteiger partial charge in [-0.05, 0) is 0 Å². The molecule has 3 nitrogen and oxygen atoms in total. The Morgan fingerprint density at radius 1 is 1.40 bits per heavy atom. The van der Waals surface area contributed by atoms with Gasteiger partial charge >= 0.3 is 36.9 Å². The van der Waals surface area contributed by atoms with Crippen LogP contribution in [0.25, 0.3) is 0 Å². The third kappa shape index (κ3) is 48.0. The van der Waals surface area contributed by atoms with Gasteiger partial charge in [-0.1, -0.05) is 0 Å². The molecule has 0 aromatic heterocycles. The molecule has 0 spiro atoms. The normalized spacial score (nSPS) is 5.40. The van der Waals surface area contributed by atoms with E-state index in [4.69, 9.17) is 15.1 Å². The Morgan fingerprint density at radius 3 is 1.40 bits per heavy atom. The molecule has 0 amide bonds. The van der Waals surface area contributed by atoms with Crippen molar-refractivity contribution in [2.45, 2.75) is 0 Å². The van der Waals surface area contributed by atoms with Gasteiger partial charge < -0.3 is 16.5 Å². The van der Waals surface area contributed by atoms with Crippen molar-refractivity contribution in [3.63, 3.8) is 0 Å². The summed E-state index contributed by atoms with van der Waals surface area (Å²) in [7, 11) is -2.17. The van der Waals surface area contributed by atoms with Crippen LogP contribution in [-0.2, 0) is 0 Å². The fourth-order valence-corrected chi connectivity index (χ4v) is 0. The minimum Gasteiger partial charge on any atom is -1.00 e. The van der Waals surface area contributed by atoms with Crippen molar-refractivity contribution >= 4 is 7.32 Å². The molecule has 5 heavy (non-hydrogen) atoms. The van der Waals surface area contributed by atoms with Gasteiger partial charge in [0.25, 0.3) is 0 Å². The predicted molar refractivity (Wildman–Crippen MR) is 24.1 cm³/mol. The molecule has 0 aromatic rings. The Morgan fingerprint density at radius 2 is 1.40 bits per heavy atom. The van der Waals surface area contributed by atoms with Crippen LogP contribution in [0.15, 0.2) is 0 Å². The van der Waals surface area contributed by atoms with E-state index in [9.17, 15) is 0 Å². The van der Waals surface area contributed by atoms with E-state index in [1.54, 1.807) is 0 Å². The molecule has 0 aliphatic carbocycles. The fourth-order valence-electron chi connectivity index (χ4n) is 0. The molecule has 5 heteroatoms. The van der Waals surface area contributed by atoms with Gasteiger partial charge in [0, 0.05) is 7.13 Å². The summed E-state index contributed by atoms with van der Waals surface area (Å²) < 4.78 is 0. The van der Waals surface area contributed by atoms with Gasteiger partial charge in [-0.2, -0.15) is 0 Å². The monoisotopic (exact) mass is 96.1 g/mol. The molecule has 3 N–H and O–H groups in total. The molecule has 0 aliphatic heterocycles. The molecule has 0 atom stereocenters. The summed E-state index contributed by atoms with van der Waals surface area (Å²) in [5.41, 5.74) is 0. The van der Waals surface area contributed by atoms with Gasteiger partial charge in [0.15, 0.2) is 0 Å². The fraction of sp³-hybridized carbons (Fsp3) is 0. The van der Waals surface area contributed by atoms with E-state index < -0.39 is 7.32 Å². The molecule has 0 radical (unpaired) electrons. The summed E-state index contributed by atoms with van der Waals surface area (Å²) in [6, 6.07) is 0. The van der Waals surface area contributed by atoms with Gasteiger partial charge in [0.2, 0.25) is 0 Å². The molecule has 0 saturated heterocycles. The van der Waals surface area contributed by atoms with Crippen molar-refractivity contribution in [3.8, 4) is 0 Å². The van der Waals surface area contributed by atoms with E-state index in [1.165, 1.54) is 0 Å². The van der Waals surface area contributed by atoms with Crippen LogP contribution in [0.1, 0.15) is 8.56 Å². The Kier molecular flexibility index (Phi) is 9.24. The Labute approximate surface area is 61.0 Å². The van der Waals surface area contributed by atoms with Crippen LogP contribution in [0.2, 0.25) is 0 Å². The average Bonchev–Trinajstić information content (AvgIpc) is 0.811. The first-order chi connectivity index (χ1) is 1.73. The van der Waals surface area contributed by atoms with E-state index in [-0.39, 0.29) is 38.1 Å². The van der Waals surface area contributed by atoms with Crippen LogP contribution in [0.5, 0.6) is 0 Å². The SMILES string of the molecule is OB(O)O.[H-].[HH].[HH].[HH].[HH].[HH].[Na+]. The van der Waals surface area contributed by atoms with Crippen LogP contribution in [0.3, 0.4) is 0 Å². The van der Waals surface area contributed by atoms with Gasteiger partial charge in [-0.3, -0.25) is 0 Å². The summed E-state index contributed by atoms with van der Waals surface area (Å²) in [6.45, 7) is 0. The van der Waals surface area contributed by atoms with Crippen LogP contribution < -0.4 is 29.6 Å². The van der Waals surface area contributed by atoms with Crippen molar-refractivity contribution in [1.29, 1.82) is 0 Å². The molecule has 0 saturated carbocycles. The zero-order valence-electron chi connectivity index (χ0n) is 3.92. The zero-order chi connectivity index (χ0) is 3.58. The summed E-state index contributed by atoms with van der Waals surface area (Å²) in [4.78, 5) is 0. The summed E-state index contributed by atoms with van der Waals surface area (Å²) >= 11 is 0. The third-order valence-corrected chi connectivity index (χ3v) is 0. The number of hydrogen-bond acceptors (Lipinski definition) is 3. The van der Waals surface area contributed by atoms with Crippen molar-refractivity contribution < 1.29 is 53.2 Å². The van der Waals surface area contributed by atoms with Crippen LogP contribution in [0.4, 0.5) is 0 Å². The maximum atomic E-state index is 7.17. The minimum absolute atomic E-state index is 0. The number of rotatable bonds is 0. The predicted octanol–water partition coefficient (Wildman–Crippen LogP) is -3.71. The molecule has 36 valence electrons. The largest absolute Gasteiger partial charge is 1.00 e. The van der Waals surface area contributed by atoms with E-state index in [1.807, 2.05) is 0 Å². The quantitative estimate of drug-likeness (QED) is 0.272. The Balaban J connectivity index is -0.00000000214. The second-order valence-electron chi connectivity index (χ2n) is 0.346. The molecule has 0 heterocycles. The van der Waals surface area contributed by atoms with Crippen LogP contribution in [0, 0.1) is 0 Å². The van der Waals surface area contributed by atoms with E-state index in [0.717, 1.165) is 0 Å². The van der Waals surface area contributed by atoms with E-state index >= 15 is 0 Å². The van der Waals surface area contributed by atoms with Gasteiger partial charge in [-0.25, -0.2) is 0 Å². The maximum Gasteiger partial charge on any atom is 1.00 e. The average molecular weight is 95.9 g/mol. The molecular formula is H14BNaO3. The van der Waals surface area contributed by atoms with Gasteiger partial charge in [-0.15, -0.1) is 0 Å². The van der Waals surface area contributed by atoms with Gasteiger partial charge in [0.1, 0.15) is 0 Å². The molecule has 0 bridgehead atoms. The van der Waals surface area contributed by atoms with Crippen molar-refractivity contribution in [2.75, 3.05) is 0 Å². The van der Waals surface area contributed by atoms with Crippen LogP contribution >= 0.6 is 0 Å². The first kappa shape index (κ1) is 9.34. The van der Waals surface area contributed by atoms with Crippen molar-refractivity contribution in [3.05, 3.63) is 0 Å². The topological polar surface area (TPSA) is 60.7 Å². The first-order valence-corrected chi connectivity index (χ1v) is 0.775. The molecule has 0 unspecified atom stereocenters. The third-order valence-electron chi connectivity index (χ3n) is 0. The molecule has 0 fully saturated rings. The Hall–Kier alpha value is 0.945. The summed E-state index contributed by atoms with van der Waals surface area (Å²) in [5.74, 6) is 0. The molecular weight excluding hydrogens is 81.8 g/mol. The summed E-state index contributed by atoms with van der Waals surface area (Å²) in [5, 5.41) is 21.5. The summed E-state index contributed by atoms with van der Waals surface area (Å²) in [6.07, 6.45) is 0. The van der Waals surface area contributed by atoms with E-state index in [0.29, 0.717) is 0 Å². The van der Waals surface area contributed by atoms with Gasteiger partial charge in [0.05, 0.1) is 0 Å². The zero-order valence-corrected chi connectivity index (χ0v) is 4.92. The Bertz CT molecular complexity index is 22.5. The minimum atomic E-state index is -2.17. The van der Waals surface area contributed by atoms with Crippen molar-refractivity contribution in [1.82, 2.24) is 0 Å².